The van der Waals surface area contributed by atoms with Crippen LogP contribution >= 0.6 is 0 Å². The van der Waals surface area contributed by atoms with Crippen LogP contribution in [0.4, 0.5) is 0 Å². The zero-order chi connectivity index (χ0) is 8.55. The Labute approximate surface area is 70.8 Å². The van der Waals surface area contributed by atoms with Gasteiger partial charge in [-0.3, -0.25) is 0 Å². The van der Waals surface area contributed by atoms with E-state index in [1.165, 1.54) is 0 Å². The van der Waals surface area contributed by atoms with E-state index >= 15 is 0 Å². The van der Waals surface area contributed by atoms with Crippen LogP contribution in [0, 0.1) is 0 Å². The molecule has 12 heavy (non-hydrogen) atoms. The van der Waals surface area contributed by atoms with Crippen LogP contribution in [0.2, 0.25) is 0 Å². The molecule has 0 radical (unpaired) electrons. The number of fused-ring (bicyclic) bond motifs is 1. The van der Waals surface area contributed by atoms with Crippen molar-refractivity contribution in [3.05, 3.63) is 23.8 Å². The van der Waals surface area contributed by atoms with Gasteiger partial charge in [0, 0.05) is 11.6 Å². The van der Waals surface area contributed by atoms with Crippen molar-refractivity contribution < 1.29 is 9.84 Å². The number of hydrogen-bond donors (Lipinski definition) is 2. The molecule has 3 N–H and O–H groups in total. The molecule has 1 atom stereocenters. The van der Waals surface area contributed by atoms with Crippen LogP contribution < -0.4 is 10.5 Å². The van der Waals surface area contributed by atoms with E-state index in [-0.39, 0.29) is 11.8 Å². The second-order valence-corrected chi connectivity index (χ2v) is 3.03. The van der Waals surface area contributed by atoms with Crippen molar-refractivity contribution >= 4 is 0 Å². The molecule has 1 aromatic carbocycles. The van der Waals surface area contributed by atoms with Crippen LogP contribution in [0.25, 0.3) is 0 Å². The second-order valence-electron chi connectivity index (χ2n) is 3.03. The van der Waals surface area contributed by atoms with Gasteiger partial charge in [0.1, 0.15) is 18.1 Å². The summed E-state index contributed by atoms with van der Waals surface area (Å²) in [6, 6.07) is 5.28. The normalized spacial score (nSPS) is 21.2. The Morgan fingerprint density at radius 2 is 2.33 bits per heavy atom. The summed E-state index contributed by atoms with van der Waals surface area (Å²) in [4.78, 5) is 0. The van der Waals surface area contributed by atoms with Crippen molar-refractivity contribution in [1.82, 2.24) is 0 Å². The average molecular weight is 165 g/mol. The maximum Gasteiger partial charge on any atom is 0.126 e. The number of ether oxygens (including phenoxy) is 1. The molecule has 0 saturated heterocycles. The van der Waals surface area contributed by atoms with E-state index < -0.39 is 0 Å². The number of benzene rings is 1. The van der Waals surface area contributed by atoms with Gasteiger partial charge in [0.2, 0.25) is 0 Å². The molecule has 1 heterocycles. The third kappa shape index (κ3) is 1.12. The van der Waals surface area contributed by atoms with E-state index in [9.17, 15) is 5.11 Å². The lowest BCUT2D eigenvalue weighted by Gasteiger charge is -2.22. The molecule has 1 unspecified atom stereocenters. The highest BCUT2D eigenvalue weighted by Crippen LogP contribution is 2.31. The van der Waals surface area contributed by atoms with E-state index in [0.717, 1.165) is 11.3 Å². The van der Waals surface area contributed by atoms with Gasteiger partial charge in [0.25, 0.3) is 0 Å². The number of rotatable bonds is 0. The molecule has 3 heteroatoms. The molecule has 1 aliphatic rings. The fraction of sp³-hybridized carbons (Fsp3) is 0.333. The first-order chi connectivity index (χ1) is 5.77. The van der Waals surface area contributed by atoms with Crippen LogP contribution in [0.15, 0.2) is 18.2 Å². The third-order valence-corrected chi connectivity index (χ3v) is 2.03. The largest absolute Gasteiger partial charge is 0.508 e. The topological polar surface area (TPSA) is 55.5 Å². The molecule has 0 bridgehead atoms. The predicted octanol–water partition coefficient (Wildman–Crippen LogP) is 0.654. The van der Waals surface area contributed by atoms with Crippen molar-refractivity contribution in [1.29, 1.82) is 0 Å². The summed E-state index contributed by atoms with van der Waals surface area (Å²) in [5.41, 5.74) is 6.51. The fourth-order valence-corrected chi connectivity index (χ4v) is 1.41. The van der Waals surface area contributed by atoms with Crippen molar-refractivity contribution in [2.75, 3.05) is 6.61 Å². The minimum atomic E-state index is 0.00537. The smallest absolute Gasteiger partial charge is 0.126 e. The molecule has 1 aliphatic heterocycles. The Hall–Kier alpha value is -1.22. The highest BCUT2D eigenvalue weighted by Gasteiger charge is 2.18. The van der Waals surface area contributed by atoms with Gasteiger partial charge >= 0.3 is 0 Å². The summed E-state index contributed by atoms with van der Waals surface area (Å²) in [6.07, 6.45) is 0.696. The monoisotopic (exact) mass is 165 g/mol. The minimum absolute atomic E-state index is 0.00537. The van der Waals surface area contributed by atoms with E-state index in [0.29, 0.717) is 13.0 Å². The van der Waals surface area contributed by atoms with E-state index in [1.54, 1.807) is 12.1 Å². The van der Waals surface area contributed by atoms with Crippen LogP contribution in [-0.4, -0.2) is 17.8 Å². The molecule has 1 aromatic rings. The molecular formula is C9H11NO2. The van der Waals surface area contributed by atoms with E-state index in [2.05, 4.69) is 0 Å². The Bertz CT molecular complexity index is 299. The van der Waals surface area contributed by atoms with Crippen LogP contribution in [0.1, 0.15) is 5.56 Å². The number of hydrogen-bond acceptors (Lipinski definition) is 3. The highest BCUT2D eigenvalue weighted by molar-refractivity contribution is 5.45. The number of aromatic hydroxyl groups is 1. The summed E-state index contributed by atoms with van der Waals surface area (Å²) >= 11 is 0. The number of phenolic OH excluding ortho intramolecular Hbond substituents is 1. The molecule has 0 fully saturated rings. The molecule has 0 aromatic heterocycles. The van der Waals surface area contributed by atoms with Gasteiger partial charge < -0.3 is 15.6 Å². The van der Waals surface area contributed by atoms with Gasteiger partial charge in [-0.1, -0.05) is 6.07 Å². The summed E-state index contributed by atoms with van der Waals surface area (Å²) in [7, 11) is 0. The van der Waals surface area contributed by atoms with Crippen molar-refractivity contribution in [3.63, 3.8) is 0 Å². The summed E-state index contributed by atoms with van der Waals surface area (Å²) < 4.78 is 5.33. The van der Waals surface area contributed by atoms with Gasteiger partial charge in [-0.15, -0.1) is 0 Å². The number of phenols is 1. The van der Waals surface area contributed by atoms with E-state index in [4.69, 9.17) is 10.5 Å². The Morgan fingerprint density at radius 3 is 3.17 bits per heavy atom. The maximum atomic E-state index is 9.44. The van der Waals surface area contributed by atoms with Gasteiger partial charge in [0.05, 0.1) is 0 Å². The third-order valence-electron chi connectivity index (χ3n) is 2.03. The highest BCUT2D eigenvalue weighted by atomic mass is 16.5. The summed E-state index contributed by atoms with van der Waals surface area (Å²) in [6.45, 7) is 0.538. The van der Waals surface area contributed by atoms with Crippen molar-refractivity contribution in [3.8, 4) is 11.5 Å². The van der Waals surface area contributed by atoms with Gasteiger partial charge in [-0.2, -0.15) is 0 Å². The van der Waals surface area contributed by atoms with Crippen LogP contribution in [-0.2, 0) is 6.42 Å². The summed E-state index contributed by atoms with van der Waals surface area (Å²) in [5.74, 6) is 1.04. The first-order valence-electron chi connectivity index (χ1n) is 3.96. The average Bonchev–Trinajstić information content (AvgIpc) is 2.07. The zero-order valence-electron chi connectivity index (χ0n) is 6.66. The molecule has 0 spiro atoms. The molecule has 2 rings (SSSR count). The van der Waals surface area contributed by atoms with Gasteiger partial charge in [0.15, 0.2) is 0 Å². The van der Waals surface area contributed by atoms with Crippen LogP contribution in [0.3, 0.4) is 0 Å². The first kappa shape index (κ1) is 7.43. The Kier molecular flexibility index (Phi) is 1.66. The lowest BCUT2D eigenvalue weighted by molar-refractivity contribution is 0.259. The van der Waals surface area contributed by atoms with E-state index in [1.807, 2.05) is 6.07 Å². The molecule has 0 aliphatic carbocycles. The molecular weight excluding hydrogens is 154 g/mol. The molecule has 0 amide bonds. The molecule has 64 valence electrons. The SMILES string of the molecule is NC1COc2cccc(O)c2C1. The number of nitrogens with two attached hydrogens (primary N) is 1. The lowest BCUT2D eigenvalue weighted by atomic mass is 10.0. The Balaban J connectivity index is 2.43. The van der Waals surface area contributed by atoms with Crippen molar-refractivity contribution in [2.24, 2.45) is 5.73 Å². The second kappa shape index (κ2) is 2.68. The van der Waals surface area contributed by atoms with Crippen molar-refractivity contribution in [2.45, 2.75) is 12.5 Å². The standard InChI is InChI=1S/C9H11NO2/c10-6-4-7-8(11)2-1-3-9(7)12-5-6/h1-3,6,11H,4-5,10H2. The fourth-order valence-electron chi connectivity index (χ4n) is 1.41. The summed E-state index contributed by atoms with van der Waals surface area (Å²) in [5, 5.41) is 9.44. The lowest BCUT2D eigenvalue weighted by Crippen LogP contribution is -2.33. The molecule has 3 nitrogen and oxygen atoms in total. The maximum absolute atomic E-state index is 9.44. The quantitative estimate of drug-likeness (QED) is 0.593. The van der Waals surface area contributed by atoms with Crippen LogP contribution in [0.5, 0.6) is 11.5 Å². The predicted molar refractivity (Wildman–Crippen MR) is 45.3 cm³/mol. The minimum Gasteiger partial charge on any atom is -0.508 e. The Morgan fingerprint density at radius 1 is 1.50 bits per heavy atom. The van der Waals surface area contributed by atoms with Gasteiger partial charge in [-0.25, -0.2) is 0 Å². The zero-order valence-corrected chi connectivity index (χ0v) is 6.66. The molecule has 0 saturated carbocycles. The first-order valence-corrected chi connectivity index (χ1v) is 3.96. The van der Waals surface area contributed by atoms with Gasteiger partial charge in [-0.05, 0) is 18.6 Å².